The molecule has 0 saturated carbocycles. The Morgan fingerprint density at radius 3 is 1.19 bits per heavy atom. The predicted octanol–water partition coefficient (Wildman–Crippen LogP) is 3.68. The first-order valence-electron chi connectivity index (χ1n) is 9.47. The van der Waals surface area contributed by atoms with Crippen LogP contribution in [0.15, 0.2) is 109 Å². The summed E-state index contributed by atoms with van der Waals surface area (Å²) in [4.78, 5) is 0. The molecular formula is C26H24Sn. The van der Waals surface area contributed by atoms with Crippen LogP contribution < -0.4 is 14.3 Å². The van der Waals surface area contributed by atoms with Crippen molar-refractivity contribution in [3.63, 3.8) is 0 Å². The molecule has 132 valence electrons. The fraction of sp³-hybridized carbons (Fsp3) is 0.0769. The summed E-state index contributed by atoms with van der Waals surface area (Å²) in [5.74, 6) is 0. The van der Waals surface area contributed by atoms with Gasteiger partial charge < -0.3 is 0 Å². The van der Waals surface area contributed by atoms with E-state index in [0.29, 0.717) is 0 Å². The standard InChI is InChI=1S/C8H9.3C6H5.Sn/c1-7-5-3-4-6-8(7)2;3*1-2-4-6-5-3-1;/h3,5-6H,1-2H3;3*1-5H;. The van der Waals surface area contributed by atoms with Crippen molar-refractivity contribution in [1.82, 2.24) is 0 Å². The Balaban J connectivity index is 2.14. The van der Waals surface area contributed by atoms with Gasteiger partial charge in [-0.15, -0.1) is 0 Å². The van der Waals surface area contributed by atoms with E-state index in [0.717, 1.165) is 0 Å². The Bertz CT molecular complexity index is 925. The van der Waals surface area contributed by atoms with Crippen molar-refractivity contribution in [2.75, 3.05) is 0 Å². The molecule has 0 bridgehead atoms. The molecule has 0 radical (unpaired) electrons. The number of hydrogen-bond donors (Lipinski definition) is 0. The van der Waals surface area contributed by atoms with E-state index < -0.39 is 18.4 Å². The number of benzene rings is 4. The molecule has 0 aromatic heterocycles. The molecular weight excluding hydrogens is 431 g/mol. The van der Waals surface area contributed by atoms with Gasteiger partial charge in [-0.25, -0.2) is 0 Å². The molecule has 0 heterocycles. The summed E-state index contributed by atoms with van der Waals surface area (Å²) in [5, 5.41) is 0. The van der Waals surface area contributed by atoms with Crippen LogP contribution in [0.2, 0.25) is 0 Å². The first-order chi connectivity index (χ1) is 13.2. The van der Waals surface area contributed by atoms with Crippen LogP contribution in [-0.4, -0.2) is 18.4 Å². The second-order valence-electron chi connectivity index (χ2n) is 7.15. The predicted molar refractivity (Wildman–Crippen MR) is 120 cm³/mol. The van der Waals surface area contributed by atoms with Crippen LogP contribution in [0.4, 0.5) is 0 Å². The molecule has 0 nitrogen and oxygen atoms in total. The Morgan fingerprint density at radius 1 is 0.407 bits per heavy atom. The fourth-order valence-electron chi connectivity index (χ4n) is 4.04. The van der Waals surface area contributed by atoms with Gasteiger partial charge in [0, 0.05) is 0 Å². The maximum absolute atomic E-state index is 3.38. The van der Waals surface area contributed by atoms with E-state index in [1.54, 1.807) is 0 Å². The molecule has 0 fully saturated rings. The van der Waals surface area contributed by atoms with Gasteiger partial charge >= 0.3 is 167 Å². The second-order valence-corrected chi connectivity index (χ2v) is 18.0. The molecule has 27 heavy (non-hydrogen) atoms. The molecule has 0 spiro atoms. The van der Waals surface area contributed by atoms with E-state index >= 15 is 0 Å². The molecule has 0 atom stereocenters. The van der Waals surface area contributed by atoms with Gasteiger partial charge in [0.15, 0.2) is 0 Å². The zero-order valence-electron chi connectivity index (χ0n) is 15.9. The Kier molecular flexibility index (Phi) is 5.17. The Labute approximate surface area is 166 Å². The van der Waals surface area contributed by atoms with Crippen LogP contribution in [0.25, 0.3) is 0 Å². The molecule has 0 aliphatic heterocycles. The molecule has 4 aromatic rings. The van der Waals surface area contributed by atoms with E-state index in [1.807, 2.05) is 0 Å². The first-order valence-corrected chi connectivity index (χ1v) is 15.2. The van der Waals surface area contributed by atoms with Gasteiger partial charge in [-0.05, 0) is 0 Å². The summed E-state index contributed by atoms with van der Waals surface area (Å²) >= 11 is -3.38. The number of rotatable bonds is 4. The zero-order valence-corrected chi connectivity index (χ0v) is 18.7. The van der Waals surface area contributed by atoms with Crippen LogP contribution in [0.5, 0.6) is 0 Å². The van der Waals surface area contributed by atoms with Gasteiger partial charge in [-0.2, -0.15) is 0 Å². The molecule has 0 aliphatic rings. The van der Waals surface area contributed by atoms with Crippen LogP contribution in [-0.2, 0) is 0 Å². The van der Waals surface area contributed by atoms with Crippen molar-refractivity contribution in [3.05, 3.63) is 120 Å². The number of aryl methyl sites for hydroxylation is 2. The quantitative estimate of drug-likeness (QED) is 0.412. The van der Waals surface area contributed by atoms with Crippen LogP contribution >= 0.6 is 0 Å². The van der Waals surface area contributed by atoms with E-state index in [9.17, 15) is 0 Å². The zero-order chi connectivity index (χ0) is 18.7. The van der Waals surface area contributed by atoms with Gasteiger partial charge in [0.2, 0.25) is 0 Å². The van der Waals surface area contributed by atoms with E-state index in [4.69, 9.17) is 0 Å². The third-order valence-electron chi connectivity index (χ3n) is 5.56. The topological polar surface area (TPSA) is 0 Å². The van der Waals surface area contributed by atoms with Gasteiger partial charge in [-0.1, -0.05) is 0 Å². The third kappa shape index (κ3) is 3.23. The summed E-state index contributed by atoms with van der Waals surface area (Å²) in [5.41, 5.74) is 2.73. The third-order valence-corrected chi connectivity index (χ3v) is 19.2. The van der Waals surface area contributed by atoms with Gasteiger partial charge in [0.25, 0.3) is 0 Å². The van der Waals surface area contributed by atoms with Crippen molar-refractivity contribution in [2.24, 2.45) is 0 Å². The molecule has 4 aromatic carbocycles. The van der Waals surface area contributed by atoms with Gasteiger partial charge in [0.05, 0.1) is 0 Å². The van der Waals surface area contributed by atoms with Crippen molar-refractivity contribution in [3.8, 4) is 0 Å². The van der Waals surface area contributed by atoms with E-state index in [-0.39, 0.29) is 0 Å². The Morgan fingerprint density at radius 2 is 0.815 bits per heavy atom. The normalized spacial score (nSPS) is 11.3. The van der Waals surface area contributed by atoms with Gasteiger partial charge in [0.1, 0.15) is 0 Å². The number of hydrogen-bond acceptors (Lipinski definition) is 0. The fourth-order valence-corrected chi connectivity index (χ4v) is 17.9. The minimum atomic E-state index is -3.38. The van der Waals surface area contributed by atoms with Crippen molar-refractivity contribution in [2.45, 2.75) is 13.8 Å². The summed E-state index contributed by atoms with van der Waals surface area (Å²) in [6.07, 6.45) is 0. The Hall–Kier alpha value is -2.32. The summed E-state index contributed by atoms with van der Waals surface area (Å²) in [7, 11) is 0. The van der Waals surface area contributed by atoms with E-state index in [1.165, 1.54) is 25.4 Å². The van der Waals surface area contributed by atoms with Crippen molar-refractivity contribution >= 4 is 32.7 Å². The average Bonchev–Trinajstić information content (AvgIpc) is 2.74. The molecule has 1 heteroatoms. The molecule has 0 aliphatic carbocycles. The summed E-state index contributed by atoms with van der Waals surface area (Å²) in [6, 6.07) is 40.6. The minimum absolute atomic E-state index is 1.35. The first kappa shape index (κ1) is 18.1. The van der Waals surface area contributed by atoms with Crippen LogP contribution in [0.3, 0.4) is 0 Å². The van der Waals surface area contributed by atoms with Gasteiger partial charge in [-0.3, -0.25) is 0 Å². The van der Waals surface area contributed by atoms with E-state index in [2.05, 4.69) is 123 Å². The van der Waals surface area contributed by atoms with Crippen LogP contribution in [0.1, 0.15) is 11.1 Å². The molecule has 0 N–H and O–H groups in total. The average molecular weight is 455 g/mol. The maximum atomic E-state index is 2.44. The van der Waals surface area contributed by atoms with Crippen molar-refractivity contribution < 1.29 is 0 Å². The summed E-state index contributed by atoms with van der Waals surface area (Å²) in [6.45, 7) is 4.43. The SMILES string of the molecule is Cc1cc[c]([Sn]([c]2ccccc2)([c]2ccccc2)[c]2ccccc2)cc1C. The molecule has 0 unspecified atom stereocenters. The molecule has 0 saturated heterocycles. The van der Waals surface area contributed by atoms with Crippen LogP contribution in [0, 0.1) is 13.8 Å². The molecule has 4 rings (SSSR count). The summed E-state index contributed by atoms with van der Waals surface area (Å²) < 4.78 is 5.99. The second kappa shape index (κ2) is 7.74. The van der Waals surface area contributed by atoms with Crippen molar-refractivity contribution in [1.29, 1.82) is 0 Å². The molecule has 0 amide bonds. The monoisotopic (exact) mass is 456 g/mol.